The van der Waals surface area contributed by atoms with Crippen LogP contribution in [0.2, 0.25) is 0 Å². The fourth-order valence-corrected chi connectivity index (χ4v) is 3.05. The lowest BCUT2D eigenvalue weighted by Gasteiger charge is -2.08. The maximum atomic E-state index is 5.88. The normalized spacial score (nSPS) is 10.6. The zero-order valence-corrected chi connectivity index (χ0v) is 14.2. The Morgan fingerprint density at radius 2 is 1.56 bits per heavy atom. The second kappa shape index (κ2) is 7.23. The van der Waals surface area contributed by atoms with Gasteiger partial charge in [0.15, 0.2) is 0 Å². The molecular weight excluding hydrogens is 332 g/mol. The molecule has 0 aliphatic heterocycles. The van der Waals surface area contributed by atoms with Crippen LogP contribution >= 0.6 is 11.3 Å². The Balaban J connectivity index is 1.37. The molecule has 124 valence electrons. The van der Waals surface area contributed by atoms with Gasteiger partial charge in [0.1, 0.15) is 23.9 Å². The van der Waals surface area contributed by atoms with Crippen molar-refractivity contribution in [3.05, 3.63) is 83.2 Å². The van der Waals surface area contributed by atoms with Crippen LogP contribution < -0.4 is 9.47 Å². The molecule has 0 bridgehead atoms. The lowest BCUT2D eigenvalue weighted by Crippen LogP contribution is -1.93. The van der Waals surface area contributed by atoms with E-state index in [4.69, 9.17) is 9.47 Å². The summed E-state index contributed by atoms with van der Waals surface area (Å²) in [6, 6.07) is 19.5. The first-order chi connectivity index (χ1) is 12.4. The van der Waals surface area contributed by atoms with Gasteiger partial charge in [0.05, 0.1) is 5.69 Å². The van der Waals surface area contributed by atoms with Gasteiger partial charge in [0, 0.05) is 6.20 Å². The third-order valence-electron chi connectivity index (χ3n) is 3.71. The van der Waals surface area contributed by atoms with Crippen LogP contribution in [0.1, 0.15) is 5.56 Å². The van der Waals surface area contributed by atoms with E-state index in [1.807, 2.05) is 60.0 Å². The molecule has 4 nitrogen and oxygen atoms in total. The molecule has 5 heteroatoms. The molecule has 0 aliphatic carbocycles. The van der Waals surface area contributed by atoms with Gasteiger partial charge in [-0.25, -0.2) is 0 Å². The lowest BCUT2D eigenvalue weighted by molar-refractivity contribution is 0.306. The minimum Gasteiger partial charge on any atom is -0.489 e. The van der Waals surface area contributed by atoms with Gasteiger partial charge in [-0.05, 0) is 82.6 Å². The molecule has 2 aromatic carbocycles. The van der Waals surface area contributed by atoms with Crippen molar-refractivity contribution < 1.29 is 9.47 Å². The molecule has 4 rings (SSSR count). The van der Waals surface area contributed by atoms with E-state index in [0.29, 0.717) is 6.61 Å². The minimum atomic E-state index is 0.582. The molecule has 0 radical (unpaired) electrons. The molecule has 0 saturated heterocycles. The Labute approximate surface area is 149 Å². The summed E-state index contributed by atoms with van der Waals surface area (Å²) in [4.78, 5) is 0. The van der Waals surface area contributed by atoms with Crippen molar-refractivity contribution in [3.63, 3.8) is 0 Å². The van der Waals surface area contributed by atoms with E-state index in [1.54, 1.807) is 17.5 Å². The molecule has 25 heavy (non-hydrogen) atoms. The van der Waals surface area contributed by atoms with Crippen LogP contribution in [0.15, 0.2) is 77.6 Å². The van der Waals surface area contributed by atoms with E-state index in [0.717, 1.165) is 28.5 Å². The summed E-state index contributed by atoms with van der Waals surface area (Å²) in [6.07, 6.45) is 1.74. The first-order valence-corrected chi connectivity index (χ1v) is 8.83. The molecule has 0 fully saturated rings. The number of rotatable bonds is 6. The number of thiophene rings is 1. The molecule has 4 aromatic rings. The summed E-state index contributed by atoms with van der Waals surface area (Å²) in [5.74, 6) is 2.39. The molecule has 0 amide bonds. The number of hydrogen-bond donors (Lipinski definition) is 1. The standard InChI is InChI=1S/C20H16N2O2S/c1-3-18(4-2-16(1)20-9-11-21-22-20)24-19-7-5-17(6-8-19)23-13-15-10-12-25-14-15/h1-12,14H,13H2,(H,21,22). The molecular formula is C20H16N2O2S. The Kier molecular flexibility index (Phi) is 4.48. The number of hydrogen-bond acceptors (Lipinski definition) is 4. The molecule has 0 atom stereocenters. The largest absolute Gasteiger partial charge is 0.489 e. The fraction of sp³-hybridized carbons (Fsp3) is 0.0500. The quantitative estimate of drug-likeness (QED) is 0.500. The van der Waals surface area contributed by atoms with Gasteiger partial charge in [-0.3, -0.25) is 5.10 Å². The molecule has 1 N–H and O–H groups in total. The Bertz CT molecular complexity index is 900. The van der Waals surface area contributed by atoms with Crippen LogP contribution in [0.4, 0.5) is 0 Å². The highest BCUT2D eigenvalue weighted by Gasteiger charge is 2.02. The van der Waals surface area contributed by atoms with Crippen molar-refractivity contribution in [3.8, 4) is 28.5 Å². The summed E-state index contributed by atoms with van der Waals surface area (Å²) in [7, 11) is 0. The number of nitrogens with zero attached hydrogens (tertiary/aromatic N) is 1. The number of nitrogens with one attached hydrogen (secondary N) is 1. The van der Waals surface area contributed by atoms with Gasteiger partial charge < -0.3 is 9.47 Å². The van der Waals surface area contributed by atoms with E-state index >= 15 is 0 Å². The van der Waals surface area contributed by atoms with Crippen LogP contribution in [0.5, 0.6) is 17.2 Å². The highest BCUT2D eigenvalue weighted by atomic mass is 32.1. The molecule has 0 saturated carbocycles. The second-order valence-corrected chi connectivity index (χ2v) is 6.27. The van der Waals surface area contributed by atoms with Crippen LogP contribution in [-0.2, 0) is 6.61 Å². The number of aromatic nitrogens is 2. The third kappa shape index (κ3) is 3.89. The highest BCUT2D eigenvalue weighted by molar-refractivity contribution is 7.07. The van der Waals surface area contributed by atoms with Crippen molar-refractivity contribution in [2.24, 2.45) is 0 Å². The van der Waals surface area contributed by atoms with Crippen molar-refractivity contribution in [2.45, 2.75) is 6.61 Å². The van der Waals surface area contributed by atoms with E-state index in [-0.39, 0.29) is 0 Å². The summed E-state index contributed by atoms with van der Waals surface area (Å²) in [5, 5.41) is 11.0. The molecule has 0 aliphatic rings. The zero-order valence-electron chi connectivity index (χ0n) is 13.4. The first kappa shape index (κ1) is 15.5. The van der Waals surface area contributed by atoms with Gasteiger partial charge in [-0.1, -0.05) is 0 Å². The predicted octanol–water partition coefficient (Wildman–Crippen LogP) is 5.51. The van der Waals surface area contributed by atoms with Gasteiger partial charge in [-0.2, -0.15) is 16.4 Å². The number of ether oxygens (including phenoxy) is 2. The molecule has 2 heterocycles. The van der Waals surface area contributed by atoms with Crippen molar-refractivity contribution in [1.29, 1.82) is 0 Å². The lowest BCUT2D eigenvalue weighted by atomic mass is 10.1. The van der Waals surface area contributed by atoms with Gasteiger partial charge in [-0.15, -0.1) is 0 Å². The summed E-state index contributed by atoms with van der Waals surface area (Å²) >= 11 is 1.67. The Morgan fingerprint density at radius 3 is 2.20 bits per heavy atom. The Morgan fingerprint density at radius 1 is 0.840 bits per heavy atom. The highest BCUT2D eigenvalue weighted by Crippen LogP contribution is 2.26. The van der Waals surface area contributed by atoms with Gasteiger partial charge in [0.25, 0.3) is 0 Å². The Hall–Kier alpha value is -3.05. The molecule has 2 aromatic heterocycles. The van der Waals surface area contributed by atoms with Crippen LogP contribution in [0.3, 0.4) is 0 Å². The molecule has 0 unspecified atom stereocenters. The fourth-order valence-electron chi connectivity index (χ4n) is 2.40. The van der Waals surface area contributed by atoms with Crippen LogP contribution in [0.25, 0.3) is 11.3 Å². The number of aromatic amines is 1. The summed E-state index contributed by atoms with van der Waals surface area (Å²) < 4.78 is 11.6. The third-order valence-corrected chi connectivity index (χ3v) is 4.44. The van der Waals surface area contributed by atoms with E-state index in [9.17, 15) is 0 Å². The maximum Gasteiger partial charge on any atom is 0.127 e. The number of H-pyrrole nitrogens is 1. The second-order valence-electron chi connectivity index (χ2n) is 5.49. The average molecular weight is 348 g/mol. The SMILES string of the molecule is c1cc(-c2ccc(Oc3ccc(OCc4ccsc4)cc3)cc2)[nH]n1. The van der Waals surface area contributed by atoms with Gasteiger partial charge >= 0.3 is 0 Å². The minimum absolute atomic E-state index is 0.582. The molecule has 0 spiro atoms. The maximum absolute atomic E-state index is 5.88. The van der Waals surface area contributed by atoms with Gasteiger partial charge in [0.2, 0.25) is 0 Å². The topological polar surface area (TPSA) is 47.1 Å². The smallest absolute Gasteiger partial charge is 0.127 e. The summed E-state index contributed by atoms with van der Waals surface area (Å²) in [5.41, 5.74) is 3.24. The van der Waals surface area contributed by atoms with Crippen LogP contribution in [-0.4, -0.2) is 10.2 Å². The first-order valence-electron chi connectivity index (χ1n) is 7.88. The van der Waals surface area contributed by atoms with E-state index < -0.39 is 0 Å². The average Bonchev–Trinajstić information content (AvgIpc) is 3.36. The zero-order chi connectivity index (χ0) is 16.9. The number of benzene rings is 2. The van der Waals surface area contributed by atoms with Crippen molar-refractivity contribution in [1.82, 2.24) is 10.2 Å². The van der Waals surface area contributed by atoms with Crippen molar-refractivity contribution >= 4 is 11.3 Å². The summed E-state index contributed by atoms with van der Waals surface area (Å²) in [6.45, 7) is 0.582. The van der Waals surface area contributed by atoms with Crippen molar-refractivity contribution in [2.75, 3.05) is 0 Å². The predicted molar refractivity (Wildman–Crippen MR) is 99.2 cm³/mol. The van der Waals surface area contributed by atoms with E-state index in [2.05, 4.69) is 21.6 Å². The van der Waals surface area contributed by atoms with Crippen LogP contribution in [0, 0.1) is 0 Å². The monoisotopic (exact) mass is 348 g/mol. The van der Waals surface area contributed by atoms with E-state index in [1.165, 1.54) is 5.56 Å².